The van der Waals surface area contributed by atoms with Crippen molar-refractivity contribution in [3.8, 4) is 28.9 Å². The highest BCUT2D eigenvalue weighted by atomic mass is 35.5. The summed E-state index contributed by atoms with van der Waals surface area (Å²) in [5.41, 5.74) is 5.48. The molecule has 1 amide bonds. The lowest BCUT2D eigenvalue weighted by molar-refractivity contribution is -0.757. The first-order valence-corrected chi connectivity index (χ1v) is 11.8. The molecule has 0 aliphatic carbocycles. The van der Waals surface area contributed by atoms with Crippen LogP contribution in [-0.2, 0) is 9.57 Å². The number of benzene rings is 2. The van der Waals surface area contributed by atoms with Gasteiger partial charge in [-0.05, 0) is 49.4 Å². The summed E-state index contributed by atoms with van der Waals surface area (Å²) >= 11 is 6.36. The molecule has 1 saturated heterocycles. The predicted octanol–water partition coefficient (Wildman–Crippen LogP) is 3.57. The molecular weight excluding hydrogens is 505 g/mol. The van der Waals surface area contributed by atoms with Crippen LogP contribution in [-0.4, -0.2) is 58.5 Å². The maximum atomic E-state index is 13.7. The van der Waals surface area contributed by atoms with E-state index >= 15 is 0 Å². The second-order valence-electron chi connectivity index (χ2n) is 8.02. The smallest absolute Gasteiger partial charge is 0.294 e. The Labute approximate surface area is 217 Å². The van der Waals surface area contributed by atoms with Crippen molar-refractivity contribution < 1.29 is 23.8 Å². The first-order valence-electron chi connectivity index (χ1n) is 11.4. The SMILES string of the molecule is Cc1c(C(=O)NN2CCOCC2)nc(-c2ccc(F)cc2Cl)n1-c1ccc(C#CCCO[N+](=O)[O-])cc1. The molecule has 1 aliphatic rings. The van der Waals surface area contributed by atoms with Gasteiger partial charge in [-0.2, -0.15) is 0 Å². The van der Waals surface area contributed by atoms with Gasteiger partial charge in [0.25, 0.3) is 11.0 Å². The topological polar surface area (TPSA) is 112 Å². The average molecular weight is 528 g/mol. The lowest BCUT2D eigenvalue weighted by Crippen LogP contribution is -2.48. The number of nitrogens with zero attached hydrogens (tertiary/aromatic N) is 4. The van der Waals surface area contributed by atoms with Crippen LogP contribution in [0.1, 0.15) is 28.2 Å². The van der Waals surface area contributed by atoms with Gasteiger partial charge in [0, 0.05) is 36.3 Å². The van der Waals surface area contributed by atoms with Gasteiger partial charge < -0.3 is 9.57 Å². The van der Waals surface area contributed by atoms with Crippen molar-refractivity contribution in [3.05, 3.63) is 80.4 Å². The van der Waals surface area contributed by atoms with E-state index in [1.165, 1.54) is 18.2 Å². The Kier molecular flexibility index (Phi) is 8.35. The molecule has 10 nitrogen and oxygen atoms in total. The number of hydrogen-bond acceptors (Lipinski definition) is 7. The lowest BCUT2D eigenvalue weighted by atomic mass is 10.1. The van der Waals surface area contributed by atoms with Gasteiger partial charge in [0.05, 0.1) is 23.9 Å². The second-order valence-corrected chi connectivity index (χ2v) is 8.43. The van der Waals surface area contributed by atoms with Crippen LogP contribution in [0.15, 0.2) is 42.5 Å². The molecule has 1 N–H and O–H groups in total. The monoisotopic (exact) mass is 527 g/mol. The highest BCUT2D eigenvalue weighted by molar-refractivity contribution is 6.33. The standard InChI is InChI=1S/C25H23ClFN5O5/c1-17-23(25(33)29-30-11-14-36-15-12-30)28-24(21-10-7-19(27)16-22(21)26)31(17)20-8-5-18(6-9-20)4-2-3-13-37-32(34)35/h5-10,16H,3,11-15H2,1H3,(H,29,33). The van der Waals surface area contributed by atoms with E-state index in [-0.39, 0.29) is 29.7 Å². The van der Waals surface area contributed by atoms with Crippen LogP contribution in [0.25, 0.3) is 17.1 Å². The number of rotatable bonds is 7. The number of nitrogens with one attached hydrogen (secondary N) is 1. The fourth-order valence-corrected chi connectivity index (χ4v) is 4.04. The van der Waals surface area contributed by atoms with Crippen LogP contribution in [0, 0.1) is 34.7 Å². The van der Waals surface area contributed by atoms with Crippen molar-refractivity contribution in [2.75, 3.05) is 32.9 Å². The van der Waals surface area contributed by atoms with Crippen molar-refractivity contribution in [2.45, 2.75) is 13.3 Å². The Morgan fingerprint density at radius 2 is 2.00 bits per heavy atom. The summed E-state index contributed by atoms with van der Waals surface area (Å²) in [5.74, 6) is 5.26. The summed E-state index contributed by atoms with van der Waals surface area (Å²) in [4.78, 5) is 32.2. The van der Waals surface area contributed by atoms with Crippen LogP contribution in [0.2, 0.25) is 5.02 Å². The van der Waals surface area contributed by atoms with Crippen molar-refractivity contribution in [1.29, 1.82) is 0 Å². The molecule has 0 saturated carbocycles. The molecule has 1 aromatic heterocycles. The average Bonchev–Trinajstić information content (AvgIpc) is 3.21. The number of carbonyl (C=O) groups excluding carboxylic acids is 1. The molecule has 4 rings (SSSR count). The molecule has 1 fully saturated rings. The molecule has 0 radical (unpaired) electrons. The number of morpholine rings is 1. The van der Waals surface area contributed by atoms with E-state index in [0.717, 1.165) is 0 Å². The molecule has 2 heterocycles. The molecule has 192 valence electrons. The van der Waals surface area contributed by atoms with Crippen LogP contribution >= 0.6 is 11.6 Å². The van der Waals surface area contributed by atoms with Crippen LogP contribution in [0.5, 0.6) is 0 Å². The van der Waals surface area contributed by atoms with Crippen LogP contribution in [0.4, 0.5) is 4.39 Å². The number of halogens is 2. The molecule has 37 heavy (non-hydrogen) atoms. The highest BCUT2D eigenvalue weighted by Gasteiger charge is 2.24. The molecule has 3 aromatic rings. The summed E-state index contributed by atoms with van der Waals surface area (Å²) in [7, 11) is 0. The summed E-state index contributed by atoms with van der Waals surface area (Å²) in [6, 6.07) is 11.2. The van der Waals surface area contributed by atoms with E-state index in [4.69, 9.17) is 16.3 Å². The Morgan fingerprint density at radius 1 is 1.27 bits per heavy atom. The van der Waals surface area contributed by atoms with Gasteiger partial charge in [-0.25, -0.2) is 14.4 Å². The zero-order valence-corrected chi connectivity index (χ0v) is 20.6. The summed E-state index contributed by atoms with van der Waals surface area (Å²) in [6.07, 6.45) is 0.207. The van der Waals surface area contributed by atoms with Crippen molar-refractivity contribution in [2.24, 2.45) is 0 Å². The molecule has 0 unspecified atom stereocenters. The molecule has 1 aliphatic heterocycles. The predicted molar refractivity (Wildman–Crippen MR) is 133 cm³/mol. The summed E-state index contributed by atoms with van der Waals surface area (Å²) < 4.78 is 20.8. The van der Waals surface area contributed by atoms with E-state index < -0.39 is 10.9 Å². The van der Waals surface area contributed by atoms with E-state index in [2.05, 4.69) is 27.1 Å². The Hall–Kier alpha value is -3.98. The van der Waals surface area contributed by atoms with Gasteiger partial charge in [0.15, 0.2) is 5.69 Å². The fraction of sp³-hybridized carbons (Fsp3) is 0.280. The summed E-state index contributed by atoms with van der Waals surface area (Å²) in [6.45, 7) is 3.81. The maximum Gasteiger partial charge on any atom is 0.294 e. The fourth-order valence-electron chi connectivity index (χ4n) is 3.79. The zero-order valence-electron chi connectivity index (χ0n) is 19.9. The number of amides is 1. The number of hydrazine groups is 1. The van der Waals surface area contributed by atoms with Crippen LogP contribution < -0.4 is 5.43 Å². The first kappa shape index (κ1) is 26.1. The third-order valence-corrected chi connectivity index (χ3v) is 5.86. The van der Waals surface area contributed by atoms with Gasteiger partial charge in [0.1, 0.15) is 18.2 Å². The number of imidazole rings is 1. The van der Waals surface area contributed by atoms with Crippen molar-refractivity contribution >= 4 is 17.5 Å². The number of carbonyl (C=O) groups is 1. The third-order valence-electron chi connectivity index (χ3n) is 5.55. The second kappa shape index (κ2) is 11.8. The molecule has 12 heteroatoms. The van der Waals surface area contributed by atoms with Gasteiger partial charge in [-0.15, -0.1) is 10.1 Å². The van der Waals surface area contributed by atoms with Gasteiger partial charge in [-0.3, -0.25) is 14.8 Å². The van der Waals surface area contributed by atoms with Gasteiger partial charge in [0.2, 0.25) is 0 Å². The van der Waals surface area contributed by atoms with E-state index in [0.29, 0.717) is 54.6 Å². The highest BCUT2D eigenvalue weighted by Crippen LogP contribution is 2.32. The lowest BCUT2D eigenvalue weighted by Gasteiger charge is -2.26. The third kappa shape index (κ3) is 6.42. The minimum absolute atomic E-state index is 0.108. The normalized spacial score (nSPS) is 13.5. The minimum atomic E-state index is -0.857. The Bertz CT molecular complexity index is 1360. The zero-order chi connectivity index (χ0) is 26.4. The Morgan fingerprint density at radius 3 is 2.68 bits per heavy atom. The molecule has 0 bridgehead atoms. The van der Waals surface area contributed by atoms with E-state index in [1.807, 2.05) is 0 Å². The van der Waals surface area contributed by atoms with E-state index in [9.17, 15) is 19.3 Å². The summed E-state index contributed by atoms with van der Waals surface area (Å²) in [5, 5.41) is 11.3. The first-order chi connectivity index (χ1) is 17.8. The number of aromatic nitrogens is 2. The molecule has 0 atom stereocenters. The molecule has 2 aromatic carbocycles. The maximum absolute atomic E-state index is 13.7. The quantitative estimate of drug-likeness (QED) is 0.216. The number of hydrogen-bond donors (Lipinski definition) is 1. The molecular formula is C25H23ClFN5O5. The van der Waals surface area contributed by atoms with Crippen LogP contribution in [0.3, 0.4) is 0 Å². The van der Waals surface area contributed by atoms with Crippen molar-refractivity contribution in [3.63, 3.8) is 0 Å². The van der Waals surface area contributed by atoms with Gasteiger partial charge >= 0.3 is 0 Å². The van der Waals surface area contributed by atoms with Crippen molar-refractivity contribution in [1.82, 2.24) is 20.0 Å². The molecule has 0 spiro atoms. The largest absolute Gasteiger partial charge is 0.379 e. The minimum Gasteiger partial charge on any atom is -0.379 e. The van der Waals surface area contributed by atoms with E-state index in [1.54, 1.807) is 40.8 Å². The Balaban J connectivity index is 1.67. The number of ether oxygens (including phenoxy) is 1. The van der Waals surface area contributed by atoms with Gasteiger partial charge in [-0.1, -0.05) is 23.4 Å².